The van der Waals surface area contributed by atoms with E-state index in [1.54, 1.807) is 6.07 Å². The van der Waals surface area contributed by atoms with Crippen molar-refractivity contribution in [1.29, 1.82) is 0 Å². The molecule has 19 heavy (non-hydrogen) atoms. The third-order valence-electron chi connectivity index (χ3n) is 3.84. The second kappa shape index (κ2) is 5.43. The molecule has 1 saturated carbocycles. The van der Waals surface area contributed by atoms with Crippen molar-refractivity contribution in [2.45, 2.75) is 32.6 Å². The quantitative estimate of drug-likeness (QED) is 0.855. The fourth-order valence-electron chi connectivity index (χ4n) is 2.57. The second-order valence-corrected chi connectivity index (χ2v) is 5.48. The molecule has 0 radical (unpaired) electrons. The smallest absolute Gasteiger partial charge is 0.303 e. The van der Waals surface area contributed by atoms with Gasteiger partial charge in [-0.3, -0.25) is 9.59 Å². The molecule has 1 amide bonds. The zero-order valence-electron chi connectivity index (χ0n) is 11.1. The number of hydrogen-bond donors (Lipinski definition) is 2. The maximum atomic E-state index is 12.0. The van der Waals surface area contributed by atoms with Crippen LogP contribution in [0, 0.1) is 12.3 Å². The third kappa shape index (κ3) is 3.34. The molecule has 1 aliphatic carbocycles. The van der Waals surface area contributed by atoms with Crippen LogP contribution in [0.15, 0.2) is 24.3 Å². The van der Waals surface area contributed by atoms with Gasteiger partial charge in [-0.05, 0) is 37.3 Å². The number of rotatable bonds is 5. The van der Waals surface area contributed by atoms with Crippen LogP contribution < -0.4 is 5.32 Å². The van der Waals surface area contributed by atoms with Crippen molar-refractivity contribution in [3.63, 3.8) is 0 Å². The molecule has 2 N–H and O–H groups in total. The summed E-state index contributed by atoms with van der Waals surface area (Å²) in [4.78, 5) is 22.9. The molecule has 4 nitrogen and oxygen atoms in total. The van der Waals surface area contributed by atoms with Gasteiger partial charge < -0.3 is 10.4 Å². The highest BCUT2D eigenvalue weighted by atomic mass is 16.4. The van der Waals surface area contributed by atoms with E-state index in [4.69, 9.17) is 5.11 Å². The van der Waals surface area contributed by atoms with E-state index in [1.807, 2.05) is 25.1 Å². The Kier molecular flexibility index (Phi) is 3.88. The fraction of sp³-hybridized carbons (Fsp3) is 0.467. The lowest BCUT2D eigenvalue weighted by atomic mass is 9.66. The number of carbonyl (C=O) groups excluding carboxylic acids is 1. The molecular weight excluding hydrogens is 242 g/mol. The van der Waals surface area contributed by atoms with Gasteiger partial charge >= 0.3 is 5.97 Å². The SMILES string of the molecule is Cc1cccc(C(=O)NCC2(CC(=O)O)CCC2)c1. The van der Waals surface area contributed by atoms with Crippen LogP contribution in [-0.4, -0.2) is 23.5 Å². The molecule has 1 aromatic carbocycles. The summed E-state index contributed by atoms with van der Waals surface area (Å²) in [5.74, 6) is -0.912. The molecule has 0 aliphatic heterocycles. The maximum absolute atomic E-state index is 12.0. The molecule has 4 heteroatoms. The molecule has 1 aromatic rings. The van der Waals surface area contributed by atoms with Crippen molar-refractivity contribution in [3.8, 4) is 0 Å². The van der Waals surface area contributed by atoms with Crippen molar-refractivity contribution in [2.75, 3.05) is 6.54 Å². The van der Waals surface area contributed by atoms with Crippen LogP contribution in [-0.2, 0) is 4.79 Å². The lowest BCUT2D eigenvalue weighted by molar-refractivity contribution is -0.141. The number of amides is 1. The van der Waals surface area contributed by atoms with Crippen LogP contribution >= 0.6 is 0 Å². The number of hydrogen-bond acceptors (Lipinski definition) is 2. The van der Waals surface area contributed by atoms with E-state index < -0.39 is 5.97 Å². The molecule has 0 bridgehead atoms. The molecule has 0 heterocycles. The zero-order valence-corrected chi connectivity index (χ0v) is 11.1. The summed E-state index contributed by atoms with van der Waals surface area (Å²) in [6.45, 7) is 2.39. The first-order chi connectivity index (χ1) is 9.01. The van der Waals surface area contributed by atoms with Crippen molar-refractivity contribution in [2.24, 2.45) is 5.41 Å². The number of carboxylic acids is 1. The number of aryl methyl sites for hydroxylation is 1. The number of nitrogens with one attached hydrogen (secondary N) is 1. The zero-order chi connectivity index (χ0) is 13.9. The highest BCUT2D eigenvalue weighted by molar-refractivity contribution is 5.94. The predicted octanol–water partition coefficient (Wildman–Crippen LogP) is 2.37. The Morgan fingerprint density at radius 2 is 2.11 bits per heavy atom. The summed E-state index contributed by atoms with van der Waals surface area (Å²) >= 11 is 0. The second-order valence-electron chi connectivity index (χ2n) is 5.48. The first kappa shape index (κ1) is 13.6. The van der Waals surface area contributed by atoms with Crippen molar-refractivity contribution >= 4 is 11.9 Å². The number of carboxylic acid groups (broad SMARTS) is 1. The van der Waals surface area contributed by atoms with Crippen molar-refractivity contribution < 1.29 is 14.7 Å². The summed E-state index contributed by atoms with van der Waals surface area (Å²) < 4.78 is 0. The van der Waals surface area contributed by atoms with Gasteiger partial charge in [0.25, 0.3) is 5.91 Å². The Balaban J connectivity index is 1.94. The first-order valence-electron chi connectivity index (χ1n) is 6.57. The number of carbonyl (C=O) groups is 2. The average molecular weight is 261 g/mol. The molecule has 0 aromatic heterocycles. The van der Waals surface area contributed by atoms with Crippen LogP contribution in [0.1, 0.15) is 41.6 Å². The molecule has 0 unspecified atom stereocenters. The minimum absolute atomic E-state index is 0.125. The van der Waals surface area contributed by atoms with E-state index in [-0.39, 0.29) is 17.7 Å². The fourth-order valence-corrected chi connectivity index (χ4v) is 2.57. The van der Waals surface area contributed by atoms with Crippen molar-refractivity contribution in [3.05, 3.63) is 35.4 Å². The molecule has 0 atom stereocenters. The lowest BCUT2D eigenvalue weighted by Crippen LogP contribution is -2.43. The normalized spacial score (nSPS) is 16.5. The van der Waals surface area contributed by atoms with Gasteiger partial charge in [-0.25, -0.2) is 0 Å². The Bertz CT molecular complexity index is 492. The summed E-state index contributed by atoms with van der Waals surface area (Å²) in [7, 11) is 0. The van der Waals surface area contributed by atoms with Gasteiger partial charge in [-0.1, -0.05) is 24.1 Å². The number of benzene rings is 1. The molecule has 102 valence electrons. The van der Waals surface area contributed by atoms with Crippen LogP contribution in [0.25, 0.3) is 0 Å². The van der Waals surface area contributed by atoms with Crippen molar-refractivity contribution in [1.82, 2.24) is 5.32 Å². The standard InChI is InChI=1S/C15H19NO3/c1-11-4-2-5-12(8-11)14(19)16-10-15(6-3-7-15)9-13(17)18/h2,4-5,8H,3,6-7,9-10H2,1H3,(H,16,19)(H,17,18). The predicted molar refractivity (Wildman–Crippen MR) is 72.0 cm³/mol. The topological polar surface area (TPSA) is 66.4 Å². The van der Waals surface area contributed by atoms with Gasteiger partial charge in [-0.2, -0.15) is 0 Å². The average Bonchev–Trinajstić information content (AvgIpc) is 2.31. The Morgan fingerprint density at radius 3 is 2.63 bits per heavy atom. The summed E-state index contributed by atoms with van der Waals surface area (Å²) in [5, 5.41) is 11.8. The lowest BCUT2D eigenvalue weighted by Gasteiger charge is -2.40. The highest BCUT2D eigenvalue weighted by Crippen LogP contribution is 2.43. The third-order valence-corrected chi connectivity index (χ3v) is 3.84. The summed E-state index contributed by atoms with van der Waals surface area (Å²) in [6.07, 6.45) is 2.95. The minimum atomic E-state index is -0.787. The van der Waals surface area contributed by atoms with E-state index in [1.165, 1.54) is 0 Å². The Labute approximate surface area is 112 Å². The van der Waals surface area contributed by atoms with E-state index in [2.05, 4.69) is 5.32 Å². The summed E-state index contributed by atoms with van der Waals surface area (Å²) in [6, 6.07) is 7.39. The van der Waals surface area contributed by atoms with E-state index in [0.717, 1.165) is 24.8 Å². The molecule has 0 saturated heterocycles. The van der Waals surface area contributed by atoms with E-state index in [0.29, 0.717) is 12.1 Å². The van der Waals surface area contributed by atoms with Gasteiger partial charge in [0.05, 0.1) is 6.42 Å². The van der Waals surface area contributed by atoms with Crippen LogP contribution in [0.4, 0.5) is 0 Å². The Morgan fingerprint density at radius 1 is 1.37 bits per heavy atom. The number of aliphatic carboxylic acids is 1. The molecular formula is C15H19NO3. The van der Waals surface area contributed by atoms with Crippen LogP contribution in [0.3, 0.4) is 0 Å². The van der Waals surface area contributed by atoms with E-state index in [9.17, 15) is 9.59 Å². The van der Waals surface area contributed by atoms with Gasteiger partial charge in [0.15, 0.2) is 0 Å². The molecule has 1 fully saturated rings. The monoisotopic (exact) mass is 261 g/mol. The maximum Gasteiger partial charge on any atom is 0.303 e. The minimum Gasteiger partial charge on any atom is -0.481 e. The molecule has 1 aliphatic rings. The largest absolute Gasteiger partial charge is 0.481 e. The summed E-state index contributed by atoms with van der Waals surface area (Å²) in [5.41, 5.74) is 1.44. The first-order valence-corrected chi connectivity index (χ1v) is 6.57. The molecule has 0 spiro atoms. The molecule has 2 rings (SSSR count). The van der Waals surface area contributed by atoms with Crippen LogP contribution in [0.2, 0.25) is 0 Å². The van der Waals surface area contributed by atoms with Gasteiger partial charge in [0.2, 0.25) is 0 Å². The van der Waals surface area contributed by atoms with Crippen LogP contribution in [0.5, 0.6) is 0 Å². The highest BCUT2D eigenvalue weighted by Gasteiger charge is 2.39. The van der Waals surface area contributed by atoms with Gasteiger partial charge in [-0.15, -0.1) is 0 Å². The van der Waals surface area contributed by atoms with Gasteiger partial charge in [0.1, 0.15) is 0 Å². The Hall–Kier alpha value is -1.84. The van der Waals surface area contributed by atoms with E-state index >= 15 is 0 Å². The van der Waals surface area contributed by atoms with Gasteiger partial charge in [0, 0.05) is 12.1 Å².